The molecular weight excluding hydrogens is 799 g/mol. The fraction of sp³-hybridized carbons (Fsp3) is 0.528. The lowest BCUT2D eigenvalue weighted by atomic mass is 9.53. The van der Waals surface area contributed by atoms with Crippen LogP contribution < -0.4 is 9.47 Å². The third-order valence-corrected chi connectivity index (χ3v) is 17.6. The molecule has 4 saturated carbocycles. The van der Waals surface area contributed by atoms with Crippen molar-refractivity contribution in [3.8, 4) is 36.2 Å². The number of nitrogens with zero attached hydrogens (tertiary/aromatic N) is 7. The van der Waals surface area contributed by atoms with Crippen LogP contribution in [0.2, 0.25) is 0 Å². The predicted octanol–water partition coefficient (Wildman–Crippen LogP) is 7.96. The number of terminal acetylenes is 2. The van der Waals surface area contributed by atoms with Crippen molar-refractivity contribution >= 4 is 0 Å². The quantitative estimate of drug-likeness (QED) is 0.134. The minimum atomic E-state index is -0.975. The monoisotopic (exact) mass is 857 g/mol. The summed E-state index contributed by atoms with van der Waals surface area (Å²) in [5.41, 5.74) is 6.56. The van der Waals surface area contributed by atoms with Gasteiger partial charge in [0.15, 0.2) is 0 Å². The molecule has 4 fully saturated rings. The molecule has 330 valence electrons. The zero-order valence-electron chi connectivity index (χ0n) is 37.1. The molecule has 6 aliphatic rings. The zero-order valence-corrected chi connectivity index (χ0v) is 37.1. The van der Waals surface area contributed by atoms with Crippen molar-refractivity contribution in [3.05, 3.63) is 112 Å². The lowest BCUT2D eigenvalue weighted by molar-refractivity contribution is -0.0647. The zero-order chi connectivity index (χ0) is 43.8. The van der Waals surface area contributed by atoms with Crippen LogP contribution in [0, 0.1) is 59.2 Å². The van der Waals surface area contributed by atoms with E-state index in [9.17, 15) is 10.2 Å². The number of aromatic nitrogens is 7. The minimum absolute atomic E-state index is 0.189. The van der Waals surface area contributed by atoms with Gasteiger partial charge in [-0.2, -0.15) is 0 Å². The molecule has 0 radical (unpaired) electrons. The fourth-order valence-electron chi connectivity index (χ4n) is 14.1. The van der Waals surface area contributed by atoms with E-state index >= 15 is 0 Å². The first-order valence-electron chi connectivity index (χ1n) is 23.6. The molecule has 2 N–H and O–H groups in total. The Morgan fingerprint density at radius 1 is 0.625 bits per heavy atom. The molecule has 64 heavy (non-hydrogen) atoms. The van der Waals surface area contributed by atoms with Crippen LogP contribution in [0.4, 0.5) is 0 Å². The number of hydrogen-bond donors (Lipinski definition) is 2. The molecule has 3 aromatic heterocycles. The summed E-state index contributed by atoms with van der Waals surface area (Å²) in [7, 11) is 0. The Kier molecular flexibility index (Phi) is 10.0. The van der Waals surface area contributed by atoms with Crippen LogP contribution >= 0.6 is 0 Å². The third kappa shape index (κ3) is 6.76. The van der Waals surface area contributed by atoms with Crippen molar-refractivity contribution in [2.45, 2.75) is 140 Å². The highest BCUT2D eigenvalue weighted by molar-refractivity contribution is 5.43. The molecule has 11 nitrogen and oxygen atoms in total. The number of fused-ring (bicyclic) bond motifs is 10. The number of aryl methyl sites for hydroxylation is 2. The summed E-state index contributed by atoms with van der Waals surface area (Å²) < 4.78 is 16.1. The second-order valence-electron chi connectivity index (χ2n) is 20.6. The number of rotatable bonds is 10. The van der Waals surface area contributed by atoms with Gasteiger partial charge >= 0.3 is 0 Å². The van der Waals surface area contributed by atoms with Gasteiger partial charge in [0.1, 0.15) is 47.3 Å². The van der Waals surface area contributed by atoms with Crippen LogP contribution in [0.25, 0.3) is 0 Å². The molecular formula is C53H59N7O4. The van der Waals surface area contributed by atoms with Gasteiger partial charge in [-0.05, 0) is 171 Å². The summed E-state index contributed by atoms with van der Waals surface area (Å²) in [6.07, 6.45) is 27.4. The molecule has 2 aromatic carbocycles. The van der Waals surface area contributed by atoms with E-state index in [0.29, 0.717) is 74.7 Å². The Balaban J connectivity index is 0.664. The molecule has 5 aromatic rings. The van der Waals surface area contributed by atoms with Crippen molar-refractivity contribution in [2.24, 2.45) is 34.5 Å². The van der Waals surface area contributed by atoms with Gasteiger partial charge in [0.25, 0.3) is 0 Å². The molecule has 0 spiro atoms. The molecule has 0 saturated heterocycles. The first-order chi connectivity index (χ1) is 31.0. The second kappa shape index (κ2) is 15.6. The van der Waals surface area contributed by atoms with E-state index in [2.05, 4.69) is 82.7 Å². The lowest BCUT2D eigenvalue weighted by Gasteiger charge is -2.52. The van der Waals surface area contributed by atoms with Crippen molar-refractivity contribution in [2.75, 3.05) is 0 Å². The van der Waals surface area contributed by atoms with Gasteiger partial charge in [0.2, 0.25) is 0 Å². The van der Waals surface area contributed by atoms with E-state index in [0.717, 1.165) is 98.5 Å². The molecule has 10 atom stereocenters. The summed E-state index contributed by atoms with van der Waals surface area (Å²) in [5, 5.41) is 40.1. The Morgan fingerprint density at radius 2 is 1.09 bits per heavy atom. The first-order valence-corrected chi connectivity index (χ1v) is 23.6. The van der Waals surface area contributed by atoms with Crippen LogP contribution in [0.15, 0.2) is 67.0 Å². The highest BCUT2D eigenvalue weighted by Crippen LogP contribution is 2.65. The summed E-state index contributed by atoms with van der Waals surface area (Å²) >= 11 is 0. The van der Waals surface area contributed by atoms with Gasteiger partial charge < -0.3 is 19.7 Å². The number of aliphatic hydroxyl groups is 2. The molecule has 0 bridgehead atoms. The van der Waals surface area contributed by atoms with E-state index < -0.39 is 11.2 Å². The van der Waals surface area contributed by atoms with Crippen molar-refractivity contribution < 1.29 is 19.7 Å². The van der Waals surface area contributed by atoms with E-state index in [1.54, 1.807) is 9.36 Å². The van der Waals surface area contributed by atoms with E-state index in [4.69, 9.17) is 27.3 Å². The largest absolute Gasteiger partial charge is 0.487 e. The predicted molar refractivity (Wildman–Crippen MR) is 241 cm³/mol. The Morgan fingerprint density at radius 3 is 1.55 bits per heavy atom. The van der Waals surface area contributed by atoms with E-state index in [1.165, 1.54) is 22.3 Å². The summed E-state index contributed by atoms with van der Waals surface area (Å²) in [5.74, 6) is 10.4. The summed E-state index contributed by atoms with van der Waals surface area (Å²) in [6, 6.07) is 19.1. The van der Waals surface area contributed by atoms with Crippen LogP contribution in [0.3, 0.4) is 0 Å². The van der Waals surface area contributed by atoms with Crippen LogP contribution in [-0.4, -0.2) is 56.4 Å². The molecule has 0 unspecified atom stereocenters. The Hall–Kier alpha value is -5.49. The van der Waals surface area contributed by atoms with E-state index in [-0.39, 0.29) is 10.8 Å². The number of ether oxygens (including phenoxy) is 2. The maximum atomic E-state index is 11.3. The molecule has 0 aliphatic heterocycles. The van der Waals surface area contributed by atoms with E-state index in [1.807, 2.05) is 30.6 Å². The van der Waals surface area contributed by atoms with Gasteiger partial charge in [-0.25, -0.2) is 9.36 Å². The normalized spacial score (nSPS) is 33.3. The van der Waals surface area contributed by atoms with Crippen LogP contribution in [0.5, 0.6) is 11.5 Å². The summed E-state index contributed by atoms with van der Waals surface area (Å²) in [6.45, 7) is 6.09. The Bertz CT molecular complexity index is 2500. The average molecular weight is 858 g/mol. The van der Waals surface area contributed by atoms with Gasteiger partial charge in [-0.3, -0.25) is 4.98 Å². The third-order valence-electron chi connectivity index (χ3n) is 17.6. The molecule has 3 heterocycles. The number of pyridine rings is 1. The van der Waals surface area contributed by atoms with Gasteiger partial charge in [-0.15, -0.1) is 23.0 Å². The van der Waals surface area contributed by atoms with Gasteiger partial charge in [-0.1, -0.05) is 54.3 Å². The smallest absolute Gasteiger partial charge is 0.134 e. The molecule has 0 amide bonds. The number of hydrogen-bond acceptors (Lipinski definition) is 9. The standard InChI is InChI=1S/C53H59N7O4/c1-5-52(61)24-20-48-46-14-10-34-26-40(12-16-42(34)44(46)18-22-50(48,52)3)63-32-38-30-59(57-55-38)28-36-8-7-9-37(54-36)29-60-31-39(56-58-60)33-64-41-13-17-43-35(27-41)11-15-47-45(43)19-23-51(4)49(47)21-25-53(51,62)6-2/h1-2,7-9,12-13,16-17,26-27,30-31,44-49,61-62H,10-11,14-15,18-25,28-29,32-33H2,3-4H3/t44-,45-,46-,47-,48+,49+,50+,51+,52+,53+/m1/s1. The Labute approximate surface area is 376 Å². The van der Waals surface area contributed by atoms with Gasteiger partial charge in [0.05, 0.1) is 36.9 Å². The average Bonchev–Trinajstić information content (AvgIpc) is 4.09. The van der Waals surface area contributed by atoms with Crippen molar-refractivity contribution in [3.63, 3.8) is 0 Å². The molecule has 11 heteroatoms. The lowest BCUT2D eigenvalue weighted by Crippen LogP contribution is -2.50. The maximum absolute atomic E-state index is 11.3. The van der Waals surface area contributed by atoms with Crippen molar-refractivity contribution in [1.29, 1.82) is 0 Å². The fourth-order valence-corrected chi connectivity index (χ4v) is 14.1. The first kappa shape index (κ1) is 41.2. The maximum Gasteiger partial charge on any atom is 0.134 e. The topological polar surface area (TPSA) is 133 Å². The van der Waals surface area contributed by atoms with Gasteiger partial charge in [0, 0.05) is 10.8 Å². The minimum Gasteiger partial charge on any atom is -0.487 e. The highest BCUT2D eigenvalue weighted by atomic mass is 16.5. The van der Waals surface area contributed by atoms with Crippen LogP contribution in [-0.2, 0) is 39.1 Å². The highest BCUT2D eigenvalue weighted by Gasteiger charge is 2.62. The molecule has 11 rings (SSSR count). The second-order valence-corrected chi connectivity index (χ2v) is 20.6. The van der Waals surface area contributed by atoms with Crippen LogP contribution in [0.1, 0.15) is 135 Å². The number of benzene rings is 2. The SMILES string of the molecule is C#C[C@]1(O)CC[C@H]2[C@@H]3CCc4cc(OCc5cn(Cc6cccc(Cn7cc(COc8ccc9c(c8)CC[C@@H]8[C@@H]9CC[C@@]9(C)[C@H]8CC[C@@]9(O)C#C)nn7)n6)nn5)ccc4[C@H]3CC[C@@]21C. The summed E-state index contributed by atoms with van der Waals surface area (Å²) in [4.78, 5) is 4.89. The molecule has 6 aliphatic carbocycles. The van der Waals surface area contributed by atoms with Crippen molar-refractivity contribution in [1.82, 2.24) is 35.0 Å².